The molecule has 6 nitrogen and oxygen atoms in total. The van der Waals surface area contributed by atoms with Gasteiger partial charge in [-0.2, -0.15) is 0 Å². The Kier molecular flexibility index (Phi) is 5.88. The van der Waals surface area contributed by atoms with Crippen molar-refractivity contribution in [1.82, 2.24) is 10.4 Å². The molecule has 1 heterocycles. The molecule has 0 atom stereocenters. The van der Waals surface area contributed by atoms with Crippen molar-refractivity contribution in [3.63, 3.8) is 0 Å². The molecule has 0 amide bonds. The molecule has 1 aliphatic rings. The minimum atomic E-state index is -0.400. The highest BCUT2D eigenvalue weighted by atomic mass is 35.5. The summed E-state index contributed by atoms with van der Waals surface area (Å²) in [4.78, 5) is 11.9. The Bertz CT molecular complexity index is 769. The van der Waals surface area contributed by atoms with Crippen LogP contribution in [0.2, 0.25) is 5.02 Å². The van der Waals surface area contributed by atoms with Crippen molar-refractivity contribution in [1.29, 1.82) is 0 Å². The van der Waals surface area contributed by atoms with Crippen LogP contribution in [-0.4, -0.2) is 36.1 Å². The van der Waals surface area contributed by atoms with E-state index < -0.39 is 4.92 Å². The Hall–Kier alpha value is -2.41. The van der Waals surface area contributed by atoms with Crippen molar-refractivity contribution in [2.75, 3.05) is 26.2 Å². The summed E-state index contributed by atoms with van der Waals surface area (Å²) >= 11 is 5.93. The Balaban J connectivity index is 1.48. The van der Waals surface area contributed by atoms with Crippen molar-refractivity contribution >= 4 is 23.0 Å². The lowest BCUT2D eigenvalue weighted by Gasteiger charge is -2.33. The number of nitrogens with one attached hydrogen (secondary N) is 2. The Morgan fingerprint density at radius 2 is 1.77 bits per heavy atom. The molecule has 3 rings (SSSR count). The van der Waals surface area contributed by atoms with Gasteiger partial charge in [-0.1, -0.05) is 30.3 Å². The van der Waals surface area contributed by atoms with Gasteiger partial charge in [0.25, 0.3) is 5.69 Å². The van der Waals surface area contributed by atoms with Gasteiger partial charge in [-0.05, 0) is 29.8 Å². The van der Waals surface area contributed by atoms with Gasteiger partial charge in [0, 0.05) is 28.4 Å². The normalized spacial score (nSPS) is 15.6. The molecular weight excluding hydrogens is 352 g/mol. The van der Waals surface area contributed by atoms with Gasteiger partial charge >= 0.3 is 0 Å². The summed E-state index contributed by atoms with van der Waals surface area (Å²) in [7, 11) is 0. The predicted octanol–water partition coefficient (Wildman–Crippen LogP) is 2.12. The predicted molar refractivity (Wildman–Crippen MR) is 103 cm³/mol. The number of piperazine rings is 1. The fourth-order valence-electron chi connectivity index (χ4n) is 3.04. The van der Waals surface area contributed by atoms with Crippen LogP contribution < -0.4 is 10.3 Å². The number of nitro benzene ring substituents is 1. The van der Waals surface area contributed by atoms with E-state index >= 15 is 0 Å². The summed E-state index contributed by atoms with van der Waals surface area (Å²) in [6.45, 7) is 8.93. The van der Waals surface area contributed by atoms with Crippen molar-refractivity contribution < 1.29 is 9.82 Å². The minimum absolute atomic E-state index is 0.0842. The zero-order valence-electron chi connectivity index (χ0n) is 14.5. The van der Waals surface area contributed by atoms with Crippen LogP contribution in [0.15, 0.2) is 55.1 Å². The van der Waals surface area contributed by atoms with Gasteiger partial charge in [0.2, 0.25) is 0 Å². The van der Waals surface area contributed by atoms with E-state index in [1.165, 1.54) is 22.6 Å². The first-order valence-corrected chi connectivity index (χ1v) is 8.92. The third-order valence-corrected chi connectivity index (χ3v) is 4.81. The summed E-state index contributed by atoms with van der Waals surface area (Å²) in [5, 5.41) is 13.6. The van der Waals surface area contributed by atoms with Gasteiger partial charge in [-0.25, -0.2) is 5.01 Å². The van der Waals surface area contributed by atoms with Crippen molar-refractivity contribution in [3.8, 4) is 0 Å². The molecule has 1 saturated heterocycles. The van der Waals surface area contributed by atoms with E-state index in [1.54, 1.807) is 12.1 Å². The summed E-state index contributed by atoms with van der Waals surface area (Å²) in [5.74, 6) is 0. The topological polar surface area (TPSA) is 62.8 Å². The number of hydrogen-bond acceptors (Lipinski definition) is 4. The van der Waals surface area contributed by atoms with E-state index in [0.717, 1.165) is 49.0 Å². The van der Waals surface area contributed by atoms with Crippen molar-refractivity contribution in [2.24, 2.45) is 0 Å². The molecule has 7 heteroatoms. The molecule has 2 aromatic carbocycles. The van der Waals surface area contributed by atoms with Gasteiger partial charge in [0.05, 0.1) is 31.1 Å². The van der Waals surface area contributed by atoms with Crippen LogP contribution in [0.25, 0.3) is 5.70 Å². The van der Waals surface area contributed by atoms with E-state index in [-0.39, 0.29) is 5.69 Å². The van der Waals surface area contributed by atoms with Gasteiger partial charge in [-0.15, -0.1) is 0 Å². The number of rotatable bonds is 6. The Labute approximate surface area is 157 Å². The van der Waals surface area contributed by atoms with E-state index in [1.807, 2.05) is 12.1 Å². The second kappa shape index (κ2) is 8.31. The van der Waals surface area contributed by atoms with E-state index in [2.05, 4.69) is 29.1 Å². The molecule has 0 bridgehead atoms. The number of quaternary nitrogens is 1. The second-order valence-electron chi connectivity index (χ2n) is 6.43. The molecule has 0 spiro atoms. The maximum Gasteiger partial charge on any atom is 0.269 e. The first-order chi connectivity index (χ1) is 12.5. The highest BCUT2D eigenvalue weighted by molar-refractivity contribution is 6.30. The number of nitro groups is 1. The van der Waals surface area contributed by atoms with Crippen LogP contribution >= 0.6 is 11.6 Å². The second-order valence-corrected chi connectivity index (χ2v) is 6.87. The lowest BCUT2D eigenvalue weighted by molar-refractivity contribution is -0.918. The molecule has 0 saturated carbocycles. The SMILES string of the molecule is C=C(NN1CC[NH+](Cc2ccc(Cl)cc2)CC1)c1ccc([N+](=O)[O-])cc1. The van der Waals surface area contributed by atoms with Crippen molar-refractivity contribution in [3.05, 3.63) is 81.4 Å². The number of non-ortho nitro benzene ring substituents is 1. The smallest absolute Gasteiger partial charge is 0.269 e. The average Bonchev–Trinajstić information content (AvgIpc) is 2.65. The third kappa shape index (κ3) is 4.82. The molecule has 2 N–H and O–H groups in total. The molecule has 0 aromatic heterocycles. The summed E-state index contributed by atoms with van der Waals surface area (Å²) < 4.78 is 0. The zero-order valence-corrected chi connectivity index (χ0v) is 15.2. The number of halogens is 1. The fraction of sp³-hybridized carbons (Fsp3) is 0.263. The fourth-order valence-corrected chi connectivity index (χ4v) is 3.17. The van der Waals surface area contributed by atoms with E-state index in [4.69, 9.17) is 11.6 Å². The molecule has 136 valence electrons. The third-order valence-electron chi connectivity index (χ3n) is 4.56. The maximum atomic E-state index is 10.7. The molecule has 0 unspecified atom stereocenters. The molecular formula is C19H22ClN4O2+. The molecule has 0 radical (unpaired) electrons. The van der Waals surface area contributed by atoms with Crippen LogP contribution in [0.1, 0.15) is 11.1 Å². The minimum Gasteiger partial charge on any atom is -0.329 e. The van der Waals surface area contributed by atoms with Gasteiger partial charge in [0.15, 0.2) is 0 Å². The number of nitrogens with zero attached hydrogens (tertiary/aromatic N) is 2. The van der Waals surface area contributed by atoms with Crippen LogP contribution in [0.5, 0.6) is 0 Å². The number of hydrogen-bond donors (Lipinski definition) is 2. The summed E-state index contributed by atoms with van der Waals surface area (Å²) in [6.07, 6.45) is 0. The van der Waals surface area contributed by atoms with Crippen LogP contribution in [-0.2, 0) is 6.54 Å². The lowest BCUT2D eigenvalue weighted by Crippen LogP contribution is -3.13. The van der Waals surface area contributed by atoms with Crippen molar-refractivity contribution in [2.45, 2.75) is 6.54 Å². The first kappa shape index (κ1) is 18.4. The molecule has 1 fully saturated rings. The van der Waals surface area contributed by atoms with Gasteiger partial charge in [0.1, 0.15) is 6.54 Å². The van der Waals surface area contributed by atoms with Gasteiger partial charge in [-0.3, -0.25) is 10.1 Å². The molecule has 1 aliphatic heterocycles. The van der Waals surface area contributed by atoms with Crippen LogP contribution in [0, 0.1) is 10.1 Å². The Morgan fingerprint density at radius 1 is 1.15 bits per heavy atom. The Morgan fingerprint density at radius 3 is 2.35 bits per heavy atom. The largest absolute Gasteiger partial charge is 0.329 e. The highest BCUT2D eigenvalue weighted by Crippen LogP contribution is 2.16. The van der Waals surface area contributed by atoms with E-state index in [0.29, 0.717) is 0 Å². The zero-order chi connectivity index (χ0) is 18.5. The monoisotopic (exact) mass is 373 g/mol. The molecule has 0 aliphatic carbocycles. The maximum absolute atomic E-state index is 10.7. The lowest BCUT2D eigenvalue weighted by atomic mass is 10.1. The number of hydrazine groups is 1. The van der Waals surface area contributed by atoms with Crippen LogP contribution in [0.3, 0.4) is 0 Å². The standard InChI is InChI=1S/C19H21ClN4O2/c1-15(17-4-8-19(9-5-17)24(25)26)21-23-12-10-22(11-13-23)14-16-2-6-18(20)7-3-16/h2-9,21H,1,10-14H2/p+1. The molecule has 26 heavy (non-hydrogen) atoms. The first-order valence-electron chi connectivity index (χ1n) is 8.54. The quantitative estimate of drug-likeness (QED) is 0.601. The van der Waals surface area contributed by atoms with Gasteiger partial charge < -0.3 is 10.3 Å². The summed E-state index contributed by atoms with van der Waals surface area (Å²) in [6, 6.07) is 14.5. The van der Waals surface area contributed by atoms with Crippen LogP contribution in [0.4, 0.5) is 5.69 Å². The summed E-state index contributed by atoms with van der Waals surface area (Å²) in [5.41, 5.74) is 6.30. The molecule has 2 aromatic rings. The highest BCUT2D eigenvalue weighted by Gasteiger charge is 2.20. The van der Waals surface area contributed by atoms with E-state index in [9.17, 15) is 10.1 Å². The number of benzene rings is 2. The average molecular weight is 374 g/mol.